The molecule has 1 fully saturated rings. The summed E-state index contributed by atoms with van der Waals surface area (Å²) in [6.45, 7) is 5.80. The summed E-state index contributed by atoms with van der Waals surface area (Å²) in [5.74, 6) is 0.374. The third kappa shape index (κ3) is 9.11. The van der Waals surface area contributed by atoms with Crippen LogP contribution in [0.25, 0.3) is 0 Å². The lowest BCUT2D eigenvalue weighted by molar-refractivity contribution is 0.0170. The first-order valence-electron chi connectivity index (χ1n) is 9.44. The van der Waals surface area contributed by atoms with Crippen molar-refractivity contribution >= 4 is 40.0 Å². The summed E-state index contributed by atoms with van der Waals surface area (Å²) < 4.78 is 44.2. The molecule has 1 aromatic rings. The number of nitrogens with one attached hydrogen (secondary N) is 3. The molecule has 1 aliphatic rings. The highest BCUT2D eigenvalue weighted by Crippen LogP contribution is 2.21. The predicted octanol–water partition coefficient (Wildman–Crippen LogP) is 0.921. The molecule has 8 nitrogen and oxygen atoms in total. The molecule has 0 saturated carbocycles. The molecule has 0 amide bonds. The number of ether oxygens (including phenoxy) is 1. The summed E-state index contributed by atoms with van der Waals surface area (Å²) in [5.41, 5.74) is 1.02. The summed E-state index contributed by atoms with van der Waals surface area (Å²) in [6.07, 6.45) is 0. The highest BCUT2D eigenvalue weighted by molar-refractivity contribution is 14.0. The van der Waals surface area contributed by atoms with E-state index in [-0.39, 0.29) is 48.1 Å². The van der Waals surface area contributed by atoms with Crippen molar-refractivity contribution in [2.45, 2.75) is 13.0 Å². The van der Waals surface area contributed by atoms with Gasteiger partial charge in [-0.1, -0.05) is 12.1 Å². The number of morpholine rings is 1. The van der Waals surface area contributed by atoms with E-state index in [1.165, 1.54) is 12.1 Å². The smallest absolute Gasteiger partial charge is 0.211 e. The van der Waals surface area contributed by atoms with E-state index in [0.717, 1.165) is 18.7 Å². The molecule has 1 aromatic carbocycles. The summed E-state index contributed by atoms with van der Waals surface area (Å²) in [7, 11) is -1.54. The Morgan fingerprint density at radius 3 is 2.45 bits per heavy atom. The van der Waals surface area contributed by atoms with Crippen LogP contribution in [-0.4, -0.2) is 78.0 Å². The van der Waals surface area contributed by atoms with Gasteiger partial charge in [-0.15, -0.1) is 24.0 Å². The molecule has 166 valence electrons. The van der Waals surface area contributed by atoms with Crippen molar-refractivity contribution < 1.29 is 17.5 Å². The molecule has 11 heteroatoms. The Kier molecular flexibility index (Phi) is 11.9. The molecule has 0 aromatic heterocycles. The van der Waals surface area contributed by atoms with Crippen LogP contribution >= 0.6 is 24.0 Å². The average Bonchev–Trinajstić information content (AvgIpc) is 2.71. The maximum absolute atomic E-state index is 13.3. The van der Waals surface area contributed by atoms with Crippen molar-refractivity contribution in [3.63, 3.8) is 0 Å². The van der Waals surface area contributed by atoms with Crippen molar-refractivity contribution in [2.24, 2.45) is 4.99 Å². The first-order chi connectivity index (χ1) is 13.4. The van der Waals surface area contributed by atoms with E-state index in [1.807, 2.05) is 0 Å². The van der Waals surface area contributed by atoms with Gasteiger partial charge in [-0.2, -0.15) is 0 Å². The first-order valence-corrected chi connectivity index (χ1v) is 11.1. The minimum Gasteiger partial charge on any atom is -0.379 e. The SMILES string of the molecule is CCS(=O)(=O)NCCNC(=NC)NCC(c1ccc(F)cc1)N1CCOCC1.I. The van der Waals surface area contributed by atoms with E-state index in [2.05, 4.69) is 25.2 Å². The maximum Gasteiger partial charge on any atom is 0.211 e. The Morgan fingerprint density at radius 2 is 1.86 bits per heavy atom. The molecule has 0 aliphatic carbocycles. The summed E-state index contributed by atoms with van der Waals surface area (Å²) in [4.78, 5) is 6.48. The van der Waals surface area contributed by atoms with Crippen molar-refractivity contribution in [1.82, 2.24) is 20.3 Å². The van der Waals surface area contributed by atoms with Gasteiger partial charge in [-0.3, -0.25) is 9.89 Å². The molecule has 0 bridgehead atoms. The van der Waals surface area contributed by atoms with Crippen LogP contribution in [0, 0.1) is 5.82 Å². The Morgan fingerprint density at radius 1 is 1.21 bits per heavy atom. The number of halogens is 2. The largest absolute Gasteiger partial charge is 0.379 e. The zero-order valence-electron chi connectivity index (χ0n) is 16.9. The molecule has 1 atom stereocenters. The van der Waals surface area contributed by atoms with E-state index < -0.39 is 10.0 Å². The number of rotatable bonds is 9. The van der Waals surface area contributed by atoms with Gasteiger partial charge in [0.2, 0.25) is 10.0 Å². The summed E-state index contributed by atoms with van der Waals surface area (Å²) >= 11 is 0. The fraction of sp³-hybridized carbons (Fsp3) is 0.611. The van der Waals surface area contributed by atoms with Gasteiger partial charge >= 0.3 is 0 Å². The second-order valence-corrected chi connectivity index (χ2v) is 8.49. The number of hydrogen-bond donors (Lipinski definition) is 3. The molecule has 3 N–H and O–H groups in total. The standard InChI is InChI=1S/C18H30FN5O3S.HI/c1-3-28(25,26)23-9-8-21-18(20-2)22-14-17(24-10-12-27-13-11-24)15-4-6-16(19)7-5-15;/h4-7,17,23H,3,8-14H2,1-2H3,(H2,20,21,22);1H. The van der Waals surface area contributed by atoms with Gasteiger partial charge < -0.3 is 15.4 Å². The lowest BCUT2D eigenvalue weighted by Gasteiger charge is -2.35. The van der Waals surface area contributed by atoms with Crippen molar-refractivity contribution in [2.75, 3.05) is 58.7 Å². The average molecular weight is 543 g/mol. The van der Waals surface area contributed by atoms with E-state index in [1.54, 1.807) is 26.1 Å². The van der Waals surface area contributed by atoms with Crippen LogP contribution in [-0.2, 0) is 14.8 Å². The van der Waals surface area contributed by atoms with Crippen LogP contribution in [0.1, 0.15) is 18.5 Å². The number of nitrogens with zero attached hydrogens (tertiary/aromatic N) is 2. The number of hydrogen-bond acceptors (Lipinski definition) is 5. The van der Waals surface area contributed by atoms with Crippen molar-refractivity contribution in [3.05, 3.63) is 35.6 Å². The lowest BCUT2D eigenvalue weighted by atomic mass is 10.0. The Balaban J connectivity index is 0.00000420. The van der Waals surface area contributed by atoms with Crippen LogP contribution in [0.3, 0.4) is 0 Å². The molecule has 0 spiro atoms. The monoisotopic (exact) mass is 543 g/mol. The third-order valence-corrected chi connectivity index (χ3v) is 5.95. The maximum atomic E-state index is 13.3. The van der Waals surface area contributed by atoms with Gasteiger partial charge in [0.15, 0.2) is 5.96 Å². The van der Waals surface area contributed by atoms with Crippen LogP contribution in [0.2, 0.25) is 0 Å². The topological polar surface area (TPSA) is 95.1 Å². The molecule has 0 radical (unpaired) electrons. The molecular weight excluding hydrogens is 512 g/mol. The minimum atomic E-state index is -3.20. The quantitative estimate of drug-likeness (QED) is 0.186. The fourth-order valence-electron chi connectivity index (χ4n) is 2.94. The molecular formula is C18H31FIN5O3S. The van der Waals surface area contributed by atoms with Crippen LogP contribution in [0.15, 0.2) is 29.3 Å². The van der Waals surface area contributed by atoms with Gasteiger partial charge in [0.1, 0.15) is 5.82 Å². The molecule has 1 saturated heterocycles. The highest BCUT2D eigenvalue weighted by atomic mass is 127. The fourth-order valence-corrected chi connectivity index (χ4v) is 3.55. The summed E-state index contributed by atoms with van der Waals surface area (Å²) in [6, 6.07) is 6.58. The molecule has 1 unspecified atom stereocenters. The Hall–Kier alpha value is -1.02. The zero-order valence-corrected chi connectivity index (χ0v) is 20.0. The van der Waals surface area contributed by atoms with Gasteiger partial charge in [0.25, 0.3) is 0 Å². The van der Waals surface area contributed by atoms with E-state index in [0.29, 0.717) is 32.3 Å². The number of benzene rings is 1. The summed E-state index contributed by atoms with van der Waals surface area (Å²) in [5, 5.41) is 6.37. The Bertz CT molecular complexity index is 728. The van der Waals surface area contributed by atoms with Gasteiger partial charge in [0.05, 0.1) is 25.0 Å². The number of guanidine groups is 1. The molecule has 1 heterocycles. The minimum absolute atomic E-state index is 0. The van der Waals surface area contributed by atoms with Gasteiger partial charge in [-0.25, -0.2) is 17.5 Å². The second kappa shape index (κ2) is 13.3. The Labute approximate surface area is 189 Å². The number of sulfonamides is 1. The van der Waals surface area contributed by atoms with E-state index >= 15 is 0 Å². The third-order valence-electron chi connectivity index (χ3n) is 4.55. The first kappa shape index (κ1) is 26.0. The van der Waals surface area contributed by atoms with Gasteiger partial charge in [0, 0.05) is 39.8 Å². The van der Waals surface area contributed by atoms with Crippen LogP contribution < -0.4 is 15.4 Å². The highest BCUT2D eigenvalue weighted by Gasteiger charge is 2.23. The number of aliphatic imine (C=N–C) groups is 1. The van der Waals surface area contributed by atoms with Crippen molar-refractivity contribution in [1.29, 1.82) is 0 Å². The lowest BCUT2D eigenvalue weighted by Crippen LogP contribution is -2.47. The van der Waals surface area contributed by atoms with E-state index in [9.17, 15) is 12.8 Å². The van der Waals surface area contributed by atoms with Crippen LogP contribution in [0.4, 0.5) is 4.39 Å². The molecule has 1 aliphatic heterocycles. The molecule has 29 heavy (non-hydrogen) atoms. The van der Waals surface area contributed by atoms with Gasteiger partial charge in [-0.05, 0) is 24.6 Å². The molecule has 2 rings (SSSR count). The predicted molar refractivity (Wildman–Crippen MR) is 124 cm³/mol. The van der Waals surface area contributed by atoms with E-state index in [4.69, 9.17) is 4.74 Å². The normalized spacial score (nSPS) is 16.7. The van der Waals surface area contributed by atoms with Crippen molar-refractivity contribution in [3.8, 4) is 0 Å². The van der Waals surface area contributed by atoms with Crippen LogP contribution in [0.5, 0.6) is 0 Å². The zero-order chi connectivity index (χ0) is 20.4. The second-order valence-electron chi connectivity index (χ2n) is 6.39.